The number of hydrogen-bond donors (Lipinski definition) is 0. The van der Waals surface area contributed by atoms with E-state index in [2.05, 4.69) is 0 Å². The zero-order valence-corrected chi connectivity index (χ0v) is 9.80. The highest BCUT2D eigenvalue weighted by Gasteiger charge is 2.27. The summed E-state index contributed by atoms with van der Waals surface area (Å²) in [6.07, 6.45) is 3.80. The van der Waals surface area contributed by atoms with Crippen LogP contribution in [0.2, 0.25) is 0 Å². The molecule has 1 fully saturated rings. The molecule has 2 unspecified atom stereocenters. The van der Waals surface area contributed by atoms with Crippen LogP contribution in [0.4, 0.5) is 0 Å². The Morgan fingerprint density at radius 3 is 1.57 bits per heavy atom. The third-order valence-corrected chi connectivity index (χ3v) is 2.82. The summed E-state index contributed by atoms with van der Waals surface area (Å²) < 4.78 is 0. The van der Waals surface area contributed by atoms with Crippen molar-refractivity contribution >= 4 is 11.6 Å². The van der Waals surface area contributed by atoms with Gasteiger partial charge in [-0.15, -0.1) is 0 Å². The van der Waals surface area contributed by atoms with Crippen LogP contribution in [0, 0.1) is 11.8 Å². The van der Waals surface area contributed by atoms with E-state index in [-0.39, 0.29) is 23.4 Å². The van der Waals surface area contributed by atoms with Gasteiger partial charge >= 0.3 is 0 Å². The zero-order chi connectivity index (χ0) is 11.1. The van der Waals surface area contributed by atoms with Gasteiger partial charge in [0.1, 0.15) is 11.6 Å². The minimum atomic E-state index is 0.160. The molecular formula is C12H22O2. The van der Waals surface area contributed by atoms with Crippen molar-refractivity contribution in [2.75, 3.05) is 0 Å². The van der Waals surface area contributed by atoms with E-state index in [9.17, 15) is 9.59 Å². The molecule has 0 aromatic rings. The third-order valence-electron chi connectivity index (χ3n) is 2.82. The topological polar surface area (TPSA) is 34.1 Å². The van der Waals surface area contributed by atoms with Gasteiger partial charge in [0.05, 0.1) is 0 Å². The highest BCUT2D eigenvalue weighted by atomic mass is 16.1. The molecule has 0 spiro atoms. The molecule has 1 aliphatic rings. The summed E-state index contributed by atoms with van der Waals surface area (Å²) in [7, 11) is 0. The molecule has 2 atom stereocenters. The summed E-state index contributed by atoms with van der Waals surface area (Å²) in [5.41, 5.74) is 0. The lowest BCUT2D eigenvalue weighted by Gasteiger charge is -2.25. The Morgan fingerprint density at radius 1 is 0.929 bits per heavy atom. The molecule has 0 aromatic carbocycles. The minimum absolute atomic E-state index is 0.160. The normalized spacial score (nSPS) is 26.0. The van der Waals surface area contributed by atoms with Crippen molar-refractivity contribution in [1.29, 1.82) is 0 Å². The predicted octanol–water partition coefficient (Wildman–Crippen LogP) is 3.00. The van der Waals surface area contributed by atoms with Crippen LogP contribution in [-0.4, -0.2) is 11.6 Å². The Kier molecular flexibility index (Phi) is 6.43. The van der Waals surface area contributed by atoms with Crippen LogP contribution in [0.3, 0.4) is 0 Å². The molecule has 82 valence electrons. The third kappa shape index (κ3) is 4.03. The Labute approximate surface area is 87.1 Å². The van der Waals surface area contributed by atoms with Crippen molar-refractivity contribution in [3.05, 3.63) is 0 Å². The smallest absolute Gasteiger partial charge is 0.132 e. The van der Waals surface area contributed by atoms with Crippen molar-refractivity contribution < 1.29 is 9.59 Å². The van der Waals surface area contributed by atoms with Crippen LogP contribution in [0.25, 0.3) is 0 Å². The first kappa shape index (κ1) is 13.3. The van der Waals surface area contributed by atoms with E-state index in [0.717, 1.165) is 25.7 Å². The summed E-state index contributed by atoms with van der Waals surface area (Å²) in [6.45, 7) is 7.26. The lowest BCUT2D eigenvalue weighted by molar-refractivity contribution is -0.125. The summed E-state index contributed by atoms with van der Waals surface area (Å²) >= 11 is 0. The molecule has 0 radical (unpaired) electrons. The maximum Gasteiger partial charge on any atom is 0.132 e. The molecule has 0 bridgehead atoms. The first-order valence-corrected chi connectivity index (χ1v) is 5.62. The molecule has 0 N–H and O–H groups in total. The van der Waals surface area contributed by atoms with Crippen molar-refractivity contribution in [2.45, 2.75) is 53.4 Å². The molecule has 0 amide bonds. The van der Waals surface area contributed by atoms with Crippen LogP contribution in [0.1, 0.15) is 53.4 Å². The molecule has 1 aliphatic carbocycles. The number of hydrogen-bond acceptors (Lipinski definition) is 2. The monoisotopic (exact) mass is 198 g/mol. The van der Waals surface area contributed by atoms with Gasteiger partial charge in [-0.2, -0.15) is 0 Å². The summed E-state index contributed by atoms with van der Waals surface area (Å²) in [5.74, 6) is 0.821. The molecule has 0 aliphatic heterocycles. The van der Waals surface area contributed by atoms with E-state index in [1.165, 1.54) is 0 Å². The fraction of sp³-hybridized carbons (Fsp3) is 0.833. The summed E-state index contributed by atoms with van der Waals surface area (Å²) in [5, 5.41) is 0. The largest absolute Gasteiger partial charge is 0.300 e. The average Bonchev–Trinajstić information content (AvgIpc) is 2.21. The standard InChI is InChI=1S/C10H16O2.C2H6/c1-7(11)9-4-3-5-10(6-9)8(2)12;1-2/h9-10H,3-6H2,1-2H3;1-2H3. The van der Waals surface area contributed by atoms with Crippen LogP contribution >= 0.6 is 0 Å². The number of Topliss-reactive ketones (excluding diaryl/α,β-unsaturated/α-hetero) is 2. The molecule has 0 heterocycles. The van der Waals surface area contributed by atoms with E-state index in [0.29, 0.717) is 0 Å². The van der Waals surface area contributed by atoms with Gasteiger partial charge in [0.25, 0.3) is 0 Å². The number of ketones is 2. The van der Waals surface area contributed by atoms with Gasteiger partial charge in [0, 0.05) is 11.8 Å². The van der Waals surface area contributed by atoms with Gasteiger partial charge in [0.2, 0.25) is 0 Å². The second kappa shape index (κ2) is 6.74. The number of carbonyl (C=O) groups excluding carboxylic acids is 2. The zero-order valence-electron chi connectivity index (χ0n) is 9.80. The molecule has 1 saturated carbocycles. The second-order valence-electron chi connectivity index (χ2n) is 3.78. The van der Waals surface area contributed by atoms with E-state index in [4.69, 9.17) is 0 Å². The van der Waals surface area contributed by atoms with Crippen LogP contribution in [0.15, 0.2) is 0 Å². The Bertz CT molecular complexity index is 176. The van der Waals surface area contributed by atoms with Gasteiger partial charge in [-0.3, -0.25) is 9.59 Å². The Morgan fingerprint density at radius 2 is 1.29 bits per heavy atom. The quantitative estimate of drug-likeness (QED) is 0.683. The van der Waals surface area contributed by atoms with Crippen molar-refractivity contribution in [2.24, 2.45) is 11.8 Å². The maximum atomic E-state index is 11.1. The second-order valence-corrected chi connectivity index (χ2v) is 3.78. The SMILES string of the molecule is CC.CC(=O)C1CCCC(C(C)=O)C1. The van der Waals surface area contributed by atoms with Gasteiger partial charge in [-0.1, -0.05) is 20.3 Å². The molecule has 0 saturated heterocycles. The Balaban J connectivity index is 0.000000791. The fourth-order valence-electron chi connectivity index (χ4n) is 1.93. The molecular weight excluding hydrogens is 176 g/mol. The van der Waals surface area contributed by atoms with E-state index < -0.39 is 0 Å². The first-order valence-electron chi connectivity index (χ1n) is 5.62. The fourth-order valence-corrected chi connectivity index (χ4v) is 1.93. The molecule has 2 nitrogen and oxygen atoms in total. The summed E-state index contributed by atoms with van der Waals surface area (Å²) in [4.78, 5) is 22.1. The van der Waals surface area contributed by atoms with Crippen LogP contribution < -0.4 is 0 Å². The highest BCUT2D eigenvalue weighted by Crippen LogP contribution is 2.29. The van der Waals surface area contributed by atoms with Gasteiger partial charge < -0.3 is 0 Å². The molecule has 1 rings (SSSR count). The molecule has 2 heteroatoms. The molecule has 0 aromatic heterocycles. The predicted molar refractivity (Wildman–Crippen MR) is 58.2 cm³/mol. The van der Waals surface area contributed by atoms with E-state index >= 15 is 0 Å². The van der Waals surface area contributed by atoms with Crippen molar-refractivity contribution in [1.82, 2.24) is 0 Å². The van der Waals surface area contributed by atoms with Crippen LogP contribution in [0.5, 0.6) is 0 Å². The summed E-state index contributed by atoms with van der Waals surface area (Å²) in [6, 6.07) is 0. The maximum absolute atomic E-state index is 11.1. The van der Waals surface area contributed by atoms with Gasteiger partial charge in [-0.05, 0) is 33.1 Å². The Hall–Kier alpha value is -0.660. The minimum Gasteiger partial charge on any atom is -0.300 e. The highest BCUT2D eigenvalue weighted by molar-refractivity contribution is 5.82. The molecule has 14 heavy (non-hydrogen) atoms. The van der Waals surface area contributed by atoms with Gasteiger partial charge in [-0.25, -0.2) is 0 Å². The van der Waals surface area contributed by atoms with Crippen molar-refractivity contribution in [3.8, 4) is 0 Å². The lowest BCUT2D eigenvalue weighted by Crippen LogP contribution is -2.24. The van der Waals surface area contributed by atoms with Crippen molar-refractivity contribution in [3.63, 3.8) is 0 Å². The first-order chi connectivity index (χ1) is 6.61. The lowest BCUT2D eigenvalue weighted by atomic mass is 9.78. The van der Waals surface area contributed by atoms with Gasteiger partial charge in [0.15, 0.2) is 0 Å². The van der Waals surface area contributed by atoms with Crippen LogP contribution in [-0.2, 0) is 9.59 Å². The number of carbonyl (C=O) groups is 2. The average molecular weight is 198 g/mol. The van der Waals surface area contributed by atoms with E-state index in [1.807, 2.05) is 13.8 Å². The number of rotatable bonds is 2. The van der Waals surface area contributed by atoms with E-state index in [1.54, 1.807) is 13.8 Å².